The Bertz CT molecular complexity index is 1960. The van der Waals surface area contributed by atoms with Crippen LogP contribution in [0.5, 0.6) is 11.5 Å². The van der Waals surface area contributed by atoms with Crippen molar-refractivity contribution < 1.29 is 28.9 Å². The first-order valence-electron chi connectivity index (χ1n) is 13.5. The summed E-state index contributed by atoms with van der Waals surface area (Å²) in [5.41, 5.74) is 4.56. The van der Waals surface area contributed by atoms with Crippen molar-refractivity contribution in [3.63, 3.8) is 0 Å². The number of thiazole rings is 1. The molecule has 10 nitrogen and oxygen atoms in total. The van der Waals surface area contributed by atoms with E-state index < -0.39 is 18.0 Å². The summed E-state index contributed by atoms with van der Waals surface area (Å²) in [5.74, 6) is -0.533. The van der Waals surface area contributed by atoms with Gasteiger partial charge in [0.05, 0.1) is 42.2 Å². The number of aromatic nitrogens is 2. The van der Waals surface area contributed by atoms with Crippen molar-refractivity contribution in [1.29, 1.82) is 0 Å². The minimum Gasteiger partial charge on any atom is -0.497 e. The van der Waals surface area contributed by atoms with Crippen molar-refractivity contribution in [2.45, 2.75) is 33.7 Å². The maximum atomic E-state index is 14.1. The van der Waals surface area contributed by atoms with Gasteiger partial charge < -0.3 is 23.9 Å². The van der Waals surface area contributed by atoms with E-state index in [1.165, 1.54) is 23.0 Å². The van der Waals surface area contributed by atoms with Gasteiger partial charge in [0.15, 0.2) is 4.80 Å². The van der Waals surface area contributed by atoms with Crippen molar-refractivity contribution in [2.24, 2.45) is 4.99 Å². The maximum Gasteiger partial charge on any atom is 0.338 e. The fourth-order valence-corrected chi connectivity index (χ4v) is 6.40. The van der Waals surface area contributed by atoms with Crippen LogP contribution in [0.4, 0.5) is 0 Å². The van der Waals surface area contributed by atoms with Gasteiger partial charge in [-0.3, -0.25) is 9.36 Å². The van der Waals surface area contributed by atoms with Gasteiger partial charge in [-0.25, -0.2) is 14.6 Å². The van der Waals surface area contributed by atoms with E-state index in [4.69, 9.17) is 14.2 Å². The topological polar surface area (TPSA) is 121 Å². The number of aromatic carboxylic acids is 1. The predicted octanol–water partition coefficient (Wildman–Crippen LogP) is 3.92. The van der Waals surface area contributed by atoms with Gasteiger partial charge in [0.25, 0.3) is 5.56 Å². The lowest BCUT2D eigenvalue weighted by molar-refractivity contribution is -0.139. The second kappa shape index (κ2) is 11.8. The van der Waals surface area contributed by atoms with E-state index in [1.807, 2.05) is 30.6 Å². The van der Waals surface area contributed by atoms with Crippen LogP contribution in [0.25, 0.3) is 11.8 Å². The number of methoxy groups -OCH3 is 2. The first kappa shape index (κ1) is 29.6. The lowest BCUT2D eigenvalue weighted by atomic mass is 9.94. The number of esters is 1. The number of hydrogen-bond donors (Lipinski definition) is 1. The molecule has 5 rings (SSSR count). The van der Waals surface area contributed by atoms with Gasteiger partial charge in [-0.2, -0.15) is 0 Å². The minimum absolute atomic E-state index is 0.163. The molecular weight excluding hydrogens is 570 g/mol. The number of carboxylic acid groups (broad SMARTS) is 1. The van der Waals surface area contributed by atoms with Crippen molar-refractivity contribution in [3.05, 3.63) is 108 Å². The largest absolute Gasteiger partial charge is 0.497 e. The number of carbonyl (C=O) groups excluding carboxylic acids is 1. The number of benzene rings is 2. The van der Waals surface area contributed by atoms with Crippen LogP contribution < -0.4 is 24.4 Å². The lowest BCUT2D eigenvalue weighted by Gasteiger charge is -2.26. The normalized spacial score (nSPS) is 14.7. The third kappa shape index (κ3) is 5.27. The molecular formula is C32H31N3O7S. The zero-order chi connectivity index (χ0) is 31.0. The van der Waals surface area contributed by atoms with Crippen LogP contribution in [0.3, 0.4) is 0 Å². The molecule has 1 atom stereocenters. The Morgan fingerprint density at radius 3 is 2.40 bits per heavy atom. The van der Waals surface area contributed by atoms with Crippen LogP contribution in [-0.4, -0.2) is 47.0 Å². The molecule has 0 saturated heterocycles. The molecule has 0 spiro atoms. The van der Waals surface area contributed by atoms with E-state index in [1.54, 1.807) is 63.4 Å². The van der Waals surface area contributed by atoms with Crippen molar-refractivity contribution >= 4 is 29.4 Å². The number of carboxylic acids is 1. The molecule has 0 bridgehead atoms. The van der Waals surface area contributed by atoms with Crippen LogP contribution in [0.1, 0.15) is 52.8 Å². The van der Waals surface area contributed by atoms with Gasteiger partial charge >= 0.3 is 11.9 Å². The highest BCUT2D eigenvalue weighted by Crippen LogP contribution is 2.37. The van der Waals surface area contributed by atoms with E-state index >= 15 is 0 Å². The van der Waals surface area contributed by atoms with Crippen LogP contribution in [0, 0.1) is 13.8 Å². The second-order valence-electron chi connectivity index (χ2n) is 9.92. The van der Waals surface area contributed by atoms with Gasteiger partial charge in [0, 0.05) is 22.6 Å². The summed E-state index contributed by atoms with van der Waals surface area (Å²) in [6.45, 7) is 7.50. The third-order valence-electron chi connectivity index (χ3n) is 7.38. The molecule has 0 amide bonds. The molecule has 0 fully saturated rings. The minimum atomic E-state index is -0.991. The SMILES string of the molecule is CCOC(=O)C1=C(C)N=c2s/c(=C\c3cc(C)n(-c4ccc(C(=O)O)cc4)c3C)c(=O)n2[C@@H]1c1cc(OC)ccc1OC. The Hall–Kier alpha value is -4.90. The molecule has 1 aliphatic rings. The Morgan fingerprint density at radius 2 is 1.77 bits per heavy atom. The standard InChI is InChI=1S/C32H31N3O7S/c1-7-42-31(39)27-18(3)33-32-35(28(27)24-16-23(40-5)12-13-25(24)41-6)29(36)26(43-32)15-21-14-17(2)34(19(21)4)22-10-8-20(9-11-22)30(37)38/h8-16,28H,7H2,1-6H3,(H,37,38)/b26-15-/t28-/m1/s1. The molecule has 2 aromatic heterocycles. The Labute approximate surface area is 251 Å². The number of fused-ring (bicyclic) bond motifs is 1. The van der Waals surface area contributed by atoms with Gasteiger partial charge in [0.1, 0.15) is 17.5 Å². The second-order valence-corrected chi connectivity index (χ2v) is 10.9. The zero-order valence-electron chi connectivity index (χ0n) is 24.6. The average Bonchev–Trinajstić information content (AvgIpc) is 3.45. The molecule has 11 heteroatoms. The quantitative estimate of drug-likeness (QED) is 0.304. The number of rotatable bonds is 8. The highest BCUT2D eigenvalue weighted by molar-refractivity contribution is 7.07. The first-order valence-corrected chi connectivity index (χ1v) is 14.4. The van der Waals surface area contributed by atoms with Crippen LogP contribution in [0.15, 0.2) is 69.6 Å². The summed E-state index contributed by atoms with van der Waals surface area (Å²) < 4.78 is 20.5. The molecule has 3 heterocycles. The van der Waals surface area contributed by atoms with Gasteiger partial charge in [-0.1, -0.05) is 11.3 Å². The Kier molecular flexibility index (Phi) is 8.10. The fraction of sp³-hybridized carbons (Fsp3) is 0.250. The number of nitrogens with zero attached hydrogens (tertiary/aromatic N) is 3. The summed E-state index contributed by atoms with van der Waals surface area (Å²) in [4.78, 5) is 43.8. The van der Waals surface area contributed by atoms with E-state index in [2.05, 4.69) is 4.99 Å². The summed E-state index contributed by atoms with van der Waals surface area (Å²) >= 11 is 1.23. The van der Waals surface area contributed by atoms with E-state index in [0.29, 0.717) is 32.1 Å². The molecule has 0 aliphatic carbocycles. The summed E-state index contributed by atoms with van der Waals surface area (Å²) in [5, 5.41) is 9.26. The number of aryl methyl sites for hydroxylation is 1. The van der Waals surface area contributed by atoms with Gasteiger partial charge in [-0.05, 0) is 87.9 Å². The maximum absolute atomic E-state index is 14.1. The number of allylic oxidation sites excluding steroid dienone is 1. The van der Waals surface area contributed by atoms with Crippen LogP contribution in [0.2, 0.25) is 0 Å². The Balaban J connectivity index is 1.70. The molecule has 0 saturated carbocycles. The van der Waals surface area contributed by atoms with Gasteiger partial charge in [-0.15, -0.1) is 0 Å². The number of ether oxygens (including phenoxy) is 3. The number of hydrogen-bond acceptors (Lipinski definition) is 8. The summed E-state index contributed by atoms with van der Waals surface area (Å²) in [7, 11) is 3.07. The third-order valence-corrected chi connectivity index (χ3v) is 8.36. The molecule has 43 heavy (non-hydrogen) atoms. The first-order chi connectivity index (χ1) is 20.6. The predicted molar refractivity (Wildman–Crippen MR) is 162 cm³/mol. The van der Waals surface area contributed by atoms with E-state index in [-0.39, 0.29) is 23.3 Å². The molecule has 0 unspecified atom stereocenters. The average molecular weight is 602 g/mol. The number of carbonyl (C=O) groups is 2. The Morgan fingerprint density at radius 1 is 1.05 bits per heavy atom. The molecule has 1 aliphatic heterocycles. The van der Waals surface area contributed by atoms with E-state index in [9.17, 15) is 19.5 Å². The molecule has 4 aromatic rings. The van der Waals surface area contributed by atoms with Crippen molar-refractivity contribution in [1.82, 2.24) is 9.13 Å². The summed E-state index contributed by atoms with van der Waals surface area (Å²) in [6, 6.07) is 13.0. The highest BCUT2D eigenvalue weighted by Gasteiger charge is 2.35. The van der Waals surface area contributed by atoms with Crippen LogP contribution >= 0.6 is 11.3 Å². The lowest BCUT2D eigenvalue weighted by Crippen LogP contribution is -2.40. The van der Waals surface area contributed by atoms with Crippen LogP contribution in [-0.2, 0) is 9.53 Å². The zero-order valence-corrected chi connectivity index (χ0v) is 25.4. The molecule has 2 aromatic carbocycles. The van der Waals surface area contributed by atoms with Crippen molar-refractivity contribution in [2.75, 3.05) is 20.8 Å². The highest BCUT2D eigenvalue weighted by atomic mass is 32.1. The monoisotopic (exact) mass is 601 g/mol. The smallest absolute Gasteiger partial charge is 0.338 e. The van der Waals surface area contributed by atoms with Gasteiger partial charge in [0.2, 0.25) is 0 Å². The van der Waals surface area contributed by atoms with Crippen molar-refractivity contribution in [3.8, 4) is 17.2 Å². The molecule has 1 N–H and O–H groups in total. The fourth-order valence-electron chi connectivity index (χ4n) is 5.36. The molecule has 222 valence electrons. The van der Waals surface area contributed by atoms with E-state index in [0.717, 1.165) is 22.6 Å². The summed E-state index contributed by atoms with van der Waals surface area (Å²) in [6.07, 6.45) is 1.82. The molecule has 0 radical (unpaired) electrons.